The van der Waals surface area contributed by atoms with E-state index in [2.05, 4.69) is 15.8 Å². The van der Waals surface area contributed by atoms with Gasteiger partial charge in [-0.2, -0.15) is 5.10 Å². The molecule has 136 valence electrons. The average molecular weight is 396 g/mol. The maximum atomic E-state index is 11.9. The van der Waals surface area contributed by atoms with Crippen LogP contribution in [0.5, 0.6) is 11.5 Å². The Labute approximate surface area is 159 Å². The quantitative estimate of drug-likeness (QED) is 0.462. The lowest BCUT2D eigenvalue weighted by atomic mass is 10.2. The molecule has 0 heterocycles. The Balaban J connectivity index is 1.98. The van der Waals surface area contributed by atoms with Crippen molar-refractivity contribution in [3.8, 4) is 11.5 Å². The van der Waals surface area contributed by atoms with E-state index in [-0.39, 0.29) is 15.7 Å². The second-order valence-electron chi connectivity index (χ2n) is 4.87. The third kappa shape index (κ3) is 4.87. The van der Waals surface area contributed by atoms with Crippen LogP contribution in [-0.2, 0) is 9.59 Å². The molecule has 7 nitrogen and oxygen atoms in total. The highest BCUT2D eigenvalue weighted by molar-refractivity contribution is 6.45. The topological polar surface area (TPSA) is 89.0 Å². The summed E-state index contributed by atoms with van der Waals surface area (Å²) >= 11 is 11.8. The number of benzene rings is 2. The van der Waals surface area contributed by atoms with Crippen LogP contribution in [0.1, 0.15) is 5.56 Å². The summed E-state index contributed by atoms with van der Waals surface area (Å²) < 4.78 is 10.3. The third-order valence-electron chi connectivity index (χ3n) is 3.19. The molecule has 2 amide bonds. The van der Waals surface area contributed by atoms with Crippen molar-refractivity contribution in [3.05, 3.63) is 52.0 Å². The third-order valence-corrected chi connectivity index (χ3v) is 4.01. The summed E-state index contributed by atoms with van der Waals surface area (Å²) in [6.07, 6.45) is 1.36. The molecule has 9 heteroatoms. The number of hydrogen-bond donors (Lipinski definition) is 2. The van der Waals surface area contributed by atoms with Crippen LogP contribution in [-0.4, -0.2) is 32.2 Å². The second-order valence-corrected chi connectivity index (χ2v) is 5.65. The number of ether oxygens (including phenoxy) is 2. The molecule has 2 aromatic rings. The largest absolute Gasteiger partial charge is 0.493 e. The molecule has 2 rings (SSSR count). The standard InChI is InChI=1S/C17H15Cl2N3O4/c1-25-13-7-6-10(8-14(13)26-2)9-20-22-17(24)16(23)21-12-5-3-4-11(18)15(12)19/h3-9H,1-2H3,(H,21,23)(H,22,24)/b20-9+. The first kappa shape index (κ1) is 19.6. The zero-order chi connectivity index (χ0) is 19.1. The van der Waals surface area contributed by atoms with Gasteiger partial charge in [-0.1, -0.05) is 29.3 Å². The highest BCUT2D eigenvalue weighted by Gasteiger charge is 2.15. The minimum Gasteiger partial charge on any atom is -0.493 e. The van der Waals surface area contributed by atoms with E-state index in [4.69, 9.17) is 32.7 Å². The summed E-state index contributed by atoms with van der Waals surface area (Å²) in [7, 11) is 3.03. The number of anilines is 1. The van der Waals surface area contributed by atoms with Gasteiger partial charge in [0.1, 0.15) is 0 Å². The van der Waals surface area contributed by atoms with Gasteiger partial charge in [-0.25, -0.2) is 5.43 Å². The molecule has 0 spiro atoms. The molecule has 0 aromatic heterocycles. The second kappa shape index (κ2) is 9.07. The Kier molecular flexibility index (Phi) is 6.82. The number of carbonyl (C=O) groups is 2. The number of hydrazone groups is 1. The summed E-state index contributed by atoms with van der Waals surface area (Å²) in [5.41, 5.74) is 2.99. The van der Waals surface area contributed by atoms with Crippen molar-refractivity contribution in [3.63, 3.8) is 0 Å². The van der Waals surface area contributed by atoms with Gasteiger partial charge in [0.15, 0.2) is 11.5 Å². The summed E-state index contributed by atoms with van der Waals surface area (Å²) in [5, 5.41) is 6.49. The van der Waals surface area contributed by atoms with E-state index in [0.29, 0.717) is 17.1 Å². The normalized spacial score (nSPS) is 10.5. The van der Waals surface area contributed by atoms with Crippen molar-refractivity contribution < 1.29 is 19.1 Å². The number of rotatable bonds is 5. The molecule has 0 atom stereocenters. The average Bonchev–Trinajstić information content (AvgIpc) is 2.65. The van der Waals surface area contributed by atoms with Crippen molar-refractivity contribution in [1.29, 1.82) is 0 Å². The Bertz CT molecular complexity index is 856. The smallest absolute Gasteiger partial charge is 0.329 e. The van der Waals surface area contributed by atoms with Crippen LogP contribution in [0, 0.1) is 0 Å². The van der Waals surface area contributed by atoms with Crippen LogP contribution in [0.4, 0.5) is 5.69 Å². The summed E-state index contributed by atoms with van der Waals surface area (Å²) in [4.78, 5) is 23.7. The highest BCUT2D eigenvalue weighted by Crippen LogP contribution is 2.29. The molecular formula is C17H15Cl2N3O4. The van der Waals surface area contributed by atoms with Crippen LogP contribution in [0.15, 0.2) is 41.5 Å². The number of nitrogens with one attached hydrogen (secondary N) is 2. The molecule has 0 unspecified atom stereocenters. The van der Waals surface area contributed by atoms with Gasteiger partial charge in [-0.3, -0.25) is 9.59 Å². The minimum atomic E-state index is -0.960. The van der Waals surface area contributed by atoms with Gasteiger partial charge in [0.05, 0.1) is 36.2 Å². The maximum absolute atomic E-state index is 11.9. The number of halogens is 2. The van der Waals surface area contributed by atoms with Gasteiger partial charge in [0, 0.05) is 0 Å². The Morgan fingerprint density at radius 3 is 2.46 bits per heavy atom. The fourth-order valence-electron chi connectivity index (χ4n) is 1.93. The van der Waals surface area contributed by atoms with Gasteiger partial charge in [0.2, 0.25) is 0 Å². The van der Waals surface area contributed by atoms with E-state index in [1.54, 1.807) is 30.3 Å². The van der Waals surface area contributed by atoms with Crippen LogP contribution in [0.25, 0.3) is 0 Å². The number of carbonyl (C=O) groups excluding carboxylic acids is 2. The molecule has 0 aliphatic rings. The van der Waals surface area contributed by atoms with Gasteiger partial charge in [-0.05, 0) is 35.9 Å². The summed E-state index contributed by atoms with van der Waals surface area (Å²) in [6.45, 7) is 0. The first-order valence-corrected chi connectivity index (χ1v) is 8.02. The Hall–Kier alpha value is -2.77. The van der Waals surface area contributed by atoms with Gasteiger partial charge >= 0.3 is 11.8 Å². The van der Waals surface area contributed by atoms with Crippen molar-refractivity contribution in [2.75, 3.05) is 19.5 Å². The van der Waals surface area contributed by atoms with E-state index in [1.807, 2.05) is 0 Å². The molecule has 0 bridgehead atoms. The van der Waals surface area contributed by atoms with Crippen molar-refractivity contribution in [2.24, 2.45) is 5.10 Å². The summed E-state index contributed by atoms with van der Waals surface area (Å²) in [5.74, 6) is -0.820. The maximum Gasteiger partial charge on any atom is 0.329 e. The lowest BCUT2D eigenvalue weighted by molar-refractivity contribution is -0.136. The Morgan fingerprint density at radius 1 is 1.04 bits per heavy atom. The zero-order valence-electron chi connectivity index (χ0n) is 13.9. The SMILES string of the molecule is COc1ccc(/C=N/NC(=O)C(=O)Nc2cccc(Cl)c2Cl)cc1OC. The summed E-state index contributed by atoms with van der Waals surface area (Å²) in [6, 6.07) is 9.75. The molecular weight excluding hydrogens is 381 g/mol. The minimum absolute atomic E-state index is 0.143. The van der Waals surface area contributed by atoms with Crippen molar-refractivity contribution in [2.45, 2.75) is 0 Å². The predicted molar refractivity (Wildman–Crippen MR) is 100 cm³/mol. The van der Waals surface area contributed by atoms with Gasteiger partial charge in [0.25, 0.3) is 0 Å². The predicted octanol–water partition coefficient (Wildman–Crippen LogP) is 3.10. The molecule has 0 saturated heterocycles. The number of amides is 2. The molecule has 26 heavy (non-hydrogen) atoms. The van der Waals surface area contributed by atoms with Crippen molar-refractivity contribution in [1.82, 2.24) is 5.43 Å². The Morgan fingerprint density at radius 2 is 1.77 bits per heavy atom. The molecule has 0 radical (unpaired) electrons. The molecule has 0 aliphatic heterocycles. The van der Waals surface area contributed by atoms with E-state index in [0.717, 1.165) is 0 Å². The van der Waals surface area contributed by atoms with Crippen LogP contribution < -0.4 is 20.2 Å². The number of nitrogens with zero attached hydrogens (tertiary/aromatic N) is 1. The molecule has 2 N–H and O–H groups in total. The molecule has 0 aliphatic carbocycles. The van der Waals surface area contributed by atoms with E-state index in [1.165, 1.54) is 26.5 Å². The fourth-order valence-corrected chi connectivity index (χ4v) is 2.28. The lowest BCUT2D eigenvalue weighted by Crippen LogP contribution is -2.32. The van der Waals surface area contributed by atoms with E-state index >= 15 is 0 Å². The van der Waals surface area contributed by atoms with Crippen LogP contribution in [0.3, 0.4) is 0 Å². The van der Waals surface area contributed by atoms with Gasteiger partial charge < -0.3 is 14.8 Å². The van der Waals surface area contributed by atoms with Crippen molar-refractivity contribution >= 4 is 46.9 Å². The number of hydrogen-bond acceptors (Lipinski definition) is 5. The van der Waals surface area contributed by atoms with E-state index in [9.17, 15) is 9.59 Å². The fraction of sp³-hybridized carbons (Fsp3) is 0.118. The lowest BCUT2D eigenvalue weighted by Gasteiger charge is -2.08. The van der Waals surface area contributed by atoms with Crippen LogP contribution in [0.2, 0.25) is 10.0 Å². The van der Waals surface area contributed by atoms with Crippen LogP contribution >= 0.6 is 23.2 Å². The first-order valence-electron chi connectivity index (χ1n) is 7.26. The monoisotopic (exact) mass is 395 g/mol. The first-order chi connectivity index (χ1) is 12.5. The van der Waals surface area contributed by atoms with E-state index < -0.39 is 11.8 Å². The molecule has 0 fully saturated rings. The highest BCUT2D eigenvalue weighted by atomic mass is 35.5. The molecule has 0 saturated carbocycles. The number of methoxy groups -OCH3 is 2. The zero-order valence-corrected chi connectivity index (χ0v) is 15.4. The van der Waals surface area contributed by atoms with Gasteiger partial charge in [-0.15, -0.1) is 0 Å². The molecule has 2 aromatic carbocycles.